The maximum Gasteiger partial charge on any atom is 0.417 e. The maximum absolute atomic E-state index is 12.9. The minimum atomic E-state index is -4.73. The summed E-state index contributed by atoms with van der Waals surface area (Å²) in [6.07, 6.45) is -4.44. The Morgan fingerprint density at radius 2 is 1.77 bits per heavy atom. The van der Waals surface area contributed by atoms with Crippen molar-refractivity contribution >= 4 is 17.8 Å². The van der Waals surface area contributed by atoms with Crippen LogP contribution in [-0.2, 0) is 25.2 Å². The van der Waals surface area contributed by atoms with Gasteiger partial charge < -0.3 is 14.8 Å². The highest BCUT2D eigenvalue weighted by atomic mass is 19.4. The van der Waals surface area contributed by atoms with E-state index in [9.17, 15) is 27.6 Å². The van der Waals surface area contributed by atoms with Crippen molar-refractivity contribution in [3.05, 3.63) is 35.4 Å². The predicted molar refractivity (Wildman–Crippen MR) is 85.1 cm³/mol. The topological polar surface area (TPSA) is 81.7 Å². The molecule has 26 heavy (non-hydrogen) atoms. The first kappa shape index (κ1) is 21.5. The van der Waals surface area contributed by atoms with E-state index in [1.165, 1.54) is 6.07 Å². The van der Waals surface area contributed by atoms with Crippen LogP contribution in [-0.4, -0.2) is 37.6 Å². The summed E-state index contributed by atoms with van der Waals surface area (Å²) in [5.74, 6) is -2.70. The number of hydrogen-bond acceptors (Lipinski definition) is 5. The van der Waals surface area contributed by atoms with Crippen molar-refractivity contribution in [2.45, 2.75) is 32.5 Å². The van der Waals surface area contributed by atoms with Gasteiger partial charge in [-0.15, -0.1) is 0 Å². The summed E-state index contributed by atoms with van der Waals surface area (Å²) in [6, 6.07) is 3.15. The molecule has 0 aliphatic rings. The number of alkyl halides is 3. The maximum atomic E-state index is 12.9. The van der Waals surface area contributed by atoms with Crippen LogP contribution < -0.4 is 5.32 Å². The zero-order valence-corrected chi connectivity index (χ0v) is 14.6. The first-order valence-electron chi connectivity index (χ1n) is 7.76. The Kier molecular flexibility index (Phi) is 7.60. The van der Waals surface area contributed by atoms with Gasteiger partial charge in [-0.2, -0.15) is 13.2 Å². The number of benzene rings is 1. The fourth-order valence-electron chi connectivity index (χ4n) is 2.18. The summed E-state index contributed by atoms with van der Waals surface area (Å²) in [6.45, 7) is 2.84. The van der Waals surface area contributed by atoms with Gasteiger partial charge in [0.2, 0.25) is 0 Å². The first-order chi connectivity index (χ1) is 12.1. The lowest BCUT2D eigenvalue weighted by atomic mass is 10.0. The number of ether oxygens (including phenoxy) is 2. The van der Waals surface area contributed by atoms with Gasteiger partial charge in [-0.1, -0.05) is 26.0 Å². The van der Waals surface area contributed by atoms with E-state index in [0.29, 0.717) is 6.42 Å². The zero-order valence-electron chi connectivity index (χ0n) is 14.6. The molecule has 0 spiro atoms. The van der Waals surface area contributed by atoms with Crippen molar-refractivity contribution in [3.63, 3.8) is 0 Å². The number of carbonyl (C=O) groups is 3. The number of methoxy groups -OCH3 is 1. The molecule has 0 bridgehead atoms. The van der Waals surface area contributed by atoms with Crippen LogP contribution in [0.15, 0.2) is 24.3 Å². The average Bonchev–Trinajstić information content (AvgIpc) is 2.57. The number of esters is 2. The van der Waals surface area contributed by atoms with Gasteiger partial charge in [0.25, 0.3) is 5.91 Å². The second-order valence-corrected chi connectivity index (χ2v) is 5.89. The minimum absolute atomic E-state index is 0.0700. The van der Waals surface area contributed by atoms with Crippen LogP contribution >= 0.6 is 0 Å². The molecule has 0 saturated heterocycles. The van der Waals surface area contributed by atoms with Crippen LogP contribution in [0.2, 0.25) is 0 Å². The Morgan fingerprint density at radius 3 is 2.31 bits per heavy atom. The van der Waals surface area contributed by atoms with Crippen molar-refractivity contribution in [3.8, 4) is 0 Å². The SMILES string of the molecule is COC(=O)[C@H](CC(C)C)NC(=O)COC(=O)c1ccccc1C(F)(F)F. The summed E-state index contributed by atoms with van der Waals surface area (Å²) >= 11 is 0. The molecular weight excluding hydrogens is 355 g/mol. The second-order valence-electron chi connectivity index (χ2n) is 5.89. The molecule has 1 rings (SSSR count). The van der Waals surface area contributed by atoms with Gasteiger partial charge in [-0.25, -0.2) is 9.59 Å². The van der Waals surface area contributed by atoms with E-state index in [-0.39, 0.29) is 5.92 Å². The Hall–Kier alpha value is -2.58. The summed E-state index contributed by atoms with van der Waals surface area (Å²) in [7, 11) is 1.16. The molecule has 1 N–H and O–H groups in total. The quantitative estimate of drug-likeness (QED) is 0.741. The molecule has 1 aromatic rings. The highest BCUT2D eigenvalue weighted by Gasteiger charge is 2.35. The fraction of sp³-hybridized carbons (Fsp3) is 0.471. The third kappa shape index (κ3) is 6.38. The lowest BCUT2D eigenvalue weighted by Gasteiger charge is -2.18. The summed E-state index contributed by atoms with van der Waals surface area (Å²) < 4.78 is 47.9. The smallest absolute Gasteiger partial charge is 0.417 e. The molecule has 9 heteroatoms. The lowest BCUT2D eigenvalue weighted by Crippen LogP contribution is -2.44. The highest BCUT2D eigenvalue weighted by molar-refractivity contribution is 5.93. The van der Waals surface area contributed by atoms with E-state index < -0.39 is 47.8 Å². The Bertz CT molecular complexity index is 658. The predicted octanol–water partition coefficient (Wildman–Crippen LogP) is 2.57. The molecule has 0 aliphatic carbocycles. The molecule has 1 atom stereocenters. The van der Waals surface area contributed by atoms with Gasteiger partial charge in [0, 0.05) is 0 Å². The summed E-state index contributed by atoms with van der Waals surface area (Å²) in [5.41, 5.74) is -1.85. The third-order valence-electron chi connectivity index (χ3n) is 3.31. The molecule has 0 unspecified atom stereocenters. The van der Waals surface area contributed by atoms with Crippen molar-refractivity contribution < 1.29 is 37.0 Å². The largest absolute Gasteiger partial charge is 0.467 e. The van der Waals surface area contributed by atoms with E-state index in [0.717, 1.165) is 25.3 Å². The van der Waals surface area contributed by atoms with Gasteiger partial charge in [-0.05, 0) is 24.5 Å². The van der Waals surface area contributed by atoms with Crippen molar-refractivity contribution in [1.82, 2.24) is 5.32 Å². The number of amides is 1. The van der Waals surface area contributed by atoms with Crippen LogP contribution in [0.1, 0.15) is 36.2 Å². The van der Waals surface area contributed by atoms with Crippen LogP contribution in [0.5, 0.6) is 0 Å². The van der Waals surface area contributed by atoms with Crippen LogP contribution in [0.3, 0.4) is 0 Å². The molecule has 0 radical (unpaired) electrons. The highest BCUT2D eigenvalue weighted by Crippen LogP contribution is 2.32. The van der Waals surface area contributed by atoms with Gasteiger partial charge in [0.05, 0.1) is 18.2 Å². The molecule has 0 fully saturated rings. The number of carbonyl (C=O) groups excluding carboxylic acids is 3. The number of rotatable bonds is 7. The van der Waals surface area contributed by atoms with Gasteiger partial charge in [-0.3, -0.25) is 4.79 Å². The molecular formula is C17H20F3NO5. The first-order valence-corrected chi connectivity index (χ1v) is 7.76. The molecule has 0 saturated carbocycles. The van der Waals surface area contributed by atoms with E-state index in [1.807, 2.05) is 13.8 Å². The number of halogens is 3. The second kappa shape index (κ2) is 9.21. The molecule has 1 amide bonds. The van der Waals surface area contributed by atoms with Gasteiger partial charge in [0.15, 0.2) is 6.61 Å². The van der Waals surface area contributed by atoms with Crippen LogP contribution in [0.4, 0.5) is 13.2 Å². The molecule has 0 aliphatic heterocycles. The molecule has 6 nitrogen and oxygen atoms in total. The Morgan fingerprint density at radius 1 is 1.15 bits per heavy atom. The van der Waals surface area contributed by atoms with E-state index in [4.69, 9.17) is 0 Å². The van der Waals surface area contributed by atoms with Crippen molar-refractivity contribution in [1.29, 1.82) is 0 Å². The van der Waals surface area contributed by atoms with Crippen molar-refractivity contribution in [2.75, 3.05) is 13.7 Å². The van der Waals surface area contributed by atoms with E-state index >= 15 is 0 Å². The lowest BCUT2D eigenvalue weighted by molar-refractivity contribution is -0.146. The Labute approximate surface area is 148 Å². The third-order valence-corrected chi connectivity index (χ3v) is 3.31. The summed E-state index contributed by atoms with van der Waals surface area (Å²) in [5, 5.41) is 2.34. The van der Waals surface area contributed by atoms with Gasteiger partial charge in [0.1, 0.15) is 6.04 Å². The fourth-order valence-corrected chi connectivity index (χ4v) is 2.18. The summed E-state index contributed by atoms with van der Waals surface area (Å²) in [4.78, 5) is 35.4. The van der Waals surface area contributed by atoms with E-state index in [2.05, 4.69) is 14.8 Å². The standard InChI is InChI=1S/C17H20F3NO5/c1-10(2)8-13(16(24)25-3)21-14(22)9-26-15(23)11-6-4-5-7-12(11)17(18,19)20/h4-7,10,13H,8-9H2,1-3H3,(H,21,22)/t13-/m0/s1. The minimum Gasteiger partial charge on any atom is -0.467 e. The molecule has 0 heterocycles. The van der Waals surface area contributed by atoms with Crippen LogP contribution in [0, 0.1) is 5.92 Å². The molecule has 1 aromatic carbocycles. The van der Waals surface area contributed by atoms with Crippen molar-refractivity contribution in [2.24, 2.45) is 5.92 Å². The average molecular weight is 375 g/mol. The van der Waals surface area contributed by atoms with Crippen LogP contribution in [0.25, 0.3) is 0 Å². The molecule has 144 valence electrons. The monoisotopic (exact) mass is 375 g/mol. The van der Waals surface area contributed by atoms with Gasteiger partial charge >= 0.3 is 18.1 Å². The van der Waals surface area contributed by atoms with E-state index in [1.54, 1.807) is 0 Å². The number of hydrogen-bond donors (Lipinski definition) is 1. The normalized spacial score (nSPS) is 12.4. The molecule has 0 aromatic heterocycles. The zero-order chi connectivity index (χ0) is 19.9. The Balaban J connectivity index is 2.73. The number of nitrogens with one attached hydrogen (secondary N) is 1.